The van der Waals surface area contributed by atoms with Gasteiger partial charge in [0.1, 0.15) is 0 Å². The van der Waals surface area contributed by atoms with Gasteiger partial charge in [0, 0.05) is 26.2 Å². The number of nitrogens with zero attached hydrogens (tertiary/aromatic N) is 2. The molecule has 0 unspecified atom stereocenters. The average Bonchev–Trinajstić information content (AvgIpc) is 3.24. The van der Waals surface area contributed by atoms with E-state index >= 15 is 0 Å². The Hall–Kier alpha value is 0.960. The van der Waals surface area contributed by atoms with Crippen LogP contribution >= 0.6 is 90.1 Å². The fourth-order valence-corrected chi connectivity index (χ4v) is 9.18. The molecule has 4 nitrogen and oxygen atoms in total. The van der Waals surface area contributed by atoms with E-state index in [1.54, 1.807) is 19.7 Å². The topological polar surface area (TPSA) is 30.5 Å². The van der Waals surface area contributed by atoms with E-state index in [4.69, 9.17) is 48.9 Å². The highest BCUT2D eigenvalue weighted by Crippen LogP contribution is 2.43. The largest absolute Gasteiger partial charge is 0.349 e. The first kappa shape index (κ1) is 21.3. The molecule has 0 spiro atoms. The molecule has 2 aliphatic rings. The van der Waals surface area contributed by atoms with Gasteiger partial charge >= 0.3 is 0 Å². The summed E-state index contributed by atoms with van der Waals surface area (Å²) in [6, 6.07) is 0. The van der Waals surface area contributed by atoms with Crippen LogP contribution in [0.15, 0.2) is 0 Å². The normalized spacial score (nSPS) is 17.0. The van der Waals surface area contributed by atoms with Crippen LogP contribution in [0.2, 0.25) is 0 Å². The van der Waals surface area contributed by atoms with Gasteiger partial charge in [-0.2, -0.15) is 0 Å². The molecule has 0 bridgehead atoms. The fourth-order valence-electron chi connectivity index (χ4n) is 2.30. The number of hydrogen-bond acceptors (Lipinski definition) is 8. The summed E-state index contributed by atoms with van der Waals surface area (Å²) in [6.07, 6.45) is 4.80. The van der Waals surface area contributed by atoms with Crippen LogP contribution in [0.5, 0.6) is 0 Å². The van der Waals surface area contributed by atoms with Crippen molar-refractivity contribution >= 4 is 109 Å². The summed E-state index contributed by atoms with van der Waals surface area (Å²) >= 11 is 21.3. The summed E-state index contributed by atoms with van der Waals surface area (Å²) in [5.41, 5.74) is 0. The van der Waals surface area contributed by atoms with E-state index in [2.05, 4.69) is 20.4 Å². The fraction of sp³-hybridized carbons (Fsp3) is 0.667. The number of likely N-dealkylation sites (tertiary alicyclic amines) is 2. The van der Waals surface area contributed by atoms with Gasteiger partial charge in [-0.3, -0.25) is 0 Å². The minimum Gasteiger partial charge on any atom is -0.349 e. The van der Waals surface area contributed by atoms with E-state index in [0.29, 0.717) is 8.64 Å². The van der Waals surface area contributed by atoms with Gasteiger partial charge in [-0.25, -0.2) is 0 Å². The van der Waals surface area contributed by atoms with E-state index in [-0.39, 0.29) is 0 Å². The molecule has 2 fully saturated rings. The standard InChI is InChI=1S/C12H18N4S8/c17-9(15-5-1-2-6-15)13-11(19)21-23-24-22-12(20)14-10(18)16-7-3-4-8-16/h1-8H2,(H,13,17,19)(H,14,18,20). The molecule has 134 valence electrons. The number of rotatable bonds is 3. The lowest BCUT2D eigenvalue weighted by atomic mass is 10.4. The molecule has 0 atom stereocenters. The average molecular weight is 475 g/mol. The molecular weight excluding hydrogens is 457 g/mol. The zero-order valence-electron chi connectivity index (χ0n) is 12.8. The highest BCUT2D eigenvalue weighted by atomic mass is 33.7. The maximum absolute atomic E-state index is 5.35. The molecule has 2 heterocycles. The molecule has 0 aromatic carbocycles. The SMILES string of the molecule is S=C(NC(=S)N1CCCC1)SSSSC(=S)NC(=S)N1CCCC1. The lowest BCUT2D eigenvalue weighted by Crippen LogP contribution is -2.39. The number of hydrogen-bond donors (Lipinski definition) is 2. The van der Waals surface area contributed by atoms with Crippen molar-refractivity contribution in [3.8, 4) is 0 Å². The van der Waals surface area contributed by atoms with Crippen LogP contribution in [0.3, 0.4) is 0 Å². The lowest BCUT2D eigenvalue weighted by Gasteiger charge is -2.19. The Morgan fingerprint density at radius 1 is 0.625 bits per heavy atom. The first-order valence-electron chi connectivity index (χ1n) is 7.44. The maximum Gasteiger partial charge on any atom is 0.174 e. The highest BCUT2D eigenvalue weighted by Gasteiger charge is 2.17. The second kappa shape index (κ2) is 11.6. The van der Waals surface area contributed by atoms with Crippen molar-refractivity contribution < 1.29 is 0 Å². The van der Waals surface area contributed by atoms with Crippen LogP contribution in [0.25, 0.3) is 0 Å². The Kier molecular flexibility index (Phi) is 10.3. The van der Waals surface area contributed by atoms with Gasteiger partial charge in [0.25, 0.3) is 0 Å². The van der Waals surface area contributed by atoms with Crippen LogP contribution in [-0.4, -0.2) is 54.8 Å². The Labute approximate surface area is 179 Å². The zero-order chi connectivity index (χ0) is 17.4. The van der Waals surface area contributed by atoms with Crippen molar-refractivity contribution in [2.24, 2.45) is 0 Å². The summed E-state index contributed by atoms with van der Waals surface area (Å²) in [5, 5.41) is 7.69. The van der Waals surface area contributed by atoms with Gasteiger partial charge in [-0.15, -0.1) is 0 Å². The molecule has 0 aliphatic carbocycles. The molecular formula is C12H18N4S8. The molecule has 0 aromatic rings. The van der Waals surface area contributed by atoms with Crippen molar-refractivity contribution in [2.45, 2.75) is 25.7 Å². The Morgan fingerprint density at radius 2 is 0.958 bits per heavy atom. The molecule has 0 aromatic heterocycles. The molecule has 0 saturated carbocycles. The molecule has 2 aliphatic heterocycles. The second-order valence-corrected chi connectivity index (χ2v) is 12.9. The van der Waals surface area contributed by atoms with E-state index in [9.17, 15) is 0 Å². The van der Waals surface area contributed by atoms with Crippen LogP contribution < -0.4 is 10.6 Å². The minimum atomic E-state index is 0.677. The maximum atomic E-state index is 5.35. The smallest absolute Gasteiger partial charge is 0.174 e. The highest BCUT2D eigenvalue weighted by molar-refractivity contribution is 9.29. The van der Waals surface area contributed by atoms with Gasteiger partial charge in [0.05, 0.1) is 0 Å². The Morgan fingerprint density at radius 3 is 1.29 bits per heavy atom. The number of thiocarbonyl (C=S) groups is 4. The van der Waals surface area contributed by atoms with Crippen LogP contribution in [0.4, 0.5) is 0 Å². The third-order valence-corrected chi connectivity index (χ3v) is 11.0. The molecule has 2 N–H and O–H groups in total. The third kappa shape index (κ3) is 7.68. The molecule has 2 saturated heterocycles. The van der Waals surface area contributed by atoms with Gasteiger partial charge in [0.15, 0.2) is 18.9 Å². The van der Waals surface area contributed by atoms with E-state index in [1.807, 2.05) is 0 Å². The van der Waals surface area contributed by atoms with E-state index in [1.165, 1.54) is 47.3 Å². The molecule has 0 amide bonds. The van der Waals surface area contributed by atoms with Crippen molar-refractivity contribution in [2.75, 3.05) is 26.2 Å². The first-order valence-corrected chi connectivity index (χ1v) is 13.9. The number of nitrogens with one attached hydrogen (secondary N) is 2. The van der Waals surface area contributed by atoms with Crippen molar-refractivity contribution in [1.29, 1.82) is 0 Å². The van der Waals surface area contributed by atoms with Gasteiger partial charge in [0.2, 0.25) is 0 Å². The minimum absolute atomic E-state index is 0.677. The van der Waals surface area contributed by atoms with Crippen molar-refractivity contribution in [3.63, 3.8) is 0 Å². The van der Waals surface area contributed by atoms with Crippen molar-refractivity contribution in [3.05, 3.63) is 0 Å². The van der Waals surface area contributed by atoms with Crippen LogP contribution in [0.1, 0.15) is 25.7 Å². The monoisotopic (exact) mass is 474 g/mol. The predicted molar refractivity (Wildman–Crippen MR) is 129 cm³/mol. The van der Waals surface area contributed by atoms with Crippen LogP contribution in [-0.2, 0) is 0 Å². The summed E-state index contributed by atoms with van der Waals surface area (Å²) in [5.74, 6) is 0. The third-order valence-electron chi connectivity index (χ3n) is 3.45. The van der Waals surface area contributed by atoms with Crippen LogP contribution in [0, 0.1) is 0 Å². The summed E-state index contributed by atoms with van der Waals surface area (Å²) < 4.78 is 1.35. The summed E-state index contributed by atoms with van der Waals surface area (Å²) in [7, 11) is 6.10. The van der Waals surface area contributed by atoms with Gasteiger partial charge in [-0.1, -0.05) is 24.4 Å². The Bertz CT molecular complexity index is 443. The second-order valence-electron chi connectivity index (χ2n) is 5.13. The zero-order valence-corrected chi connectivity index (χ0v) is 19.3. The summed E-state index contributed by atoms with van der Waals surface area (Å²) in [4.78, 5) is 4.32. The quantitative estimate of drug-likeness (QED) is 0.349. The Balaban J connectivity index is 1.53. The first-order chi connectivity index (χ1) is 11.6. The van der Waals surface area contributed by atoms with E-state index < -0.39 is 0 Å². The molecule has 0 radical (unpaired) electrons. The molecule has 2 rings (SSSR count). The summed E-state index contributed by atoms with van der Waals surface area (Å²) in [6.45, 7) is 4.09. The van der Waals surface area contributed by atoms with Gasteiger partial charge in [-0.05, 0) is 91.4 Å². The molecule has 24 heavy (non-hydrogen) atoms. The predicted octanol–water partition coefficient (Wildman–Crippen LogP) is 4.17. The van der Waals surface area contributed by atoms with Gasteiger partial charge < -0.3 is 20.4 Å². The van der Waals surface area contributed by atoms with E-state index in [0.717, 1.165) is 36.4 Å². The lowest BCUT2D eigenvalue weighted by molar-refractivity contribution is 0.518. The molecule has 12 heteroatoms. The van der Waals surface area contributed by atoms with Crippen molar-refractivity contribution in [1.82, 2.24) is 20.4 Å².